The molecule has 82 valence electrons. The molecule has 0 unspecified atom stereocenters. The Balaban J connectivity index is 2.75. The zero-order valence-corrected chi connectivity index (χ0v) is 9.87. The third-order valence-electron chi connectivity index (χ3n) is 2.72. The Labute approximate surface area is 93.5 Å². The Morgan fingerprint density at radius 3 is 2.93 bits per heavy atom. The van der Waals surface area contributed by atoms with Crippen molar-refractivity contribution in [2.75, 3.05) is 20.1 Å². The van der Waals surface area contributed by atoms with Crippen molar-refractivity contribution in [1.82, 2.24) is 4.90 Å². The molecule has 1 heteroatoms. The minimum absolute atomic E-state index is 1.13. The van der Waals surface area contributed by atoms with Gasteiger partial charge in [-0.2, -0.15) is 0 Å². The number of allylic oxidation sites excluding steroid dienone is 5. The molecule has 0 amide bonds. The molecule has 0 saturated carbocycles. The summed E-state index contributed by atoms with van der Waals surface area (Å²) >= 11 is 0. The van der Waals surface area contributed by atoms with E-state index in [1.54, 1.807) is 0 Å². The zero-order valence-electron chi connectivity index (χ0n) is 9.87. The van der Waals surface area contributed by atoms with Crippen LogP contribution in [0.2, 0.25) is 0 Å². The first kappa shape index (κ1) is 12.0. The van der Waals surface area contributed by atoms with Gasteiger partial charge in [0.15, 0.2) is 0 Å². The van der Waals surface area contributed by atoms with Gasteiger partial charge in [-0.3, -0.25) is 0 Å². The molecule has 0 fully saturated rings. The number of hydrogen-bond donors (Lipinski definition) is 0. The summed E-state index contributed by atoms with van der Waals surface area (Å²) < 4.78 is 0. The lowest BCUT2D eigenvalue weighted by Gasteiger charge is -2.12. The van der Waals surface area contributed by atoms with Crippen molar-refractivity contribution in [2.45, 2.75) is 19.8 Å². The third kappa shape index (κ3) is 3.88. The minimum Gasteiger partial charge on any atom is -0.306 e. The van der Waals surface area contributed by atoms with Crippen molar-refractivity contribution in [3.63, 3.8) is 0 Å². The molecule has 0 aromatic carbocycles. The molecule has 0 saturated heterocycles. The van der Waals surface area contributed by atoms with Gasteiger partial charge in [-0.25, -0.2) is 0 Å². The lowest BCUT2D eigenvalue weighted by atomic mass is 10.0. The molecule has 0 aromatic heterocycles. The van der Waals surface area contributed by atoms with Crippen molar-refractivity contribution in [3.8, 4) is 0 Å². The van der Waals surface area contributed by atoms with Crippen LogP contribution in [0.3, 0.4) is 0 Å². The van der Waals surface area contributed by atoms with E-state index in [-0.39, 0.29) is 0 Å². The highest BCUT2D eigenvalue weighted by Crippen LogP contribution is 2.19. The molecule has 0 N–H and O–H groups in total. The first-order valence-corrected chi connectivity index (χ1v) is 5.61. The second-order valence-electron chi connectivity index (χ2n) is 3.92. The molecule has 0 atom stereocenters. The molecule has 1 aliphatic rings. The highest BCUT2D eigenvalue weighted by Gasteiger charge is 2.07. The Morgan fingerprint density at radius 1 is 1.47 bits per heavy atom. The first-order valence-electron chi connectivity index (χ1n) is 5.61. The molecule has 1 aliphatic heterocycles. The van der Waals surface area contributed by atoms with Gasteiger partial charge in [-0.15, -0.1) is 0 Å². The van der Waals surface area contributed by atoms with Crippen LogP contribution in [0.1, 0.15) is 19.8 Å². The Bertz CT molecular complexity index is 294. The van der Waals surface area contributed by atoms with Crippen molar-refractivity contribution in [1.29, 1.82) is 0 Å². The second kappa shape index (κ2) is 6.41. The summed E-state index contributed by atoms with van der Waals surface area (Å²) in [7, 11) is 2.18. The maximum absolute atomic E-state index is 3.88. The van der Waals surface area contributed by atoms with E-state index in [4.69, 9.17) is 0 Å². The number of rotatable bonds is 3. The summed E-state index contributed by atoms with van der Waals surface area (Å²) in [5.74, 6) is 0. The van der Waals surface area contributed by atoms with Crippen LogP contribution in [0.15, 0.2) is 48.1 Å². The van der Waals surface area contributed by atoms with Gasteiger partial charge in [0.2, 0.25) is 0 Å². The van der Waals surface area contributed by atoms with Crippen molar-refractivity contribution in [3.05, 3.63) is 48.1 Å². The first-order chi connectivity index (χ1) is 7.27. The number of nitrogens with zero attached hydrogens (tertiary/aromatic N) is 1. The highest BCUT2D eigenvalue weighted by atomic mass is 15.1. The average Bonchev–Trinajstić information content (AvgIpc) is 2.45. The predicted molar refractivity (Wildman–Crippen MR) is 67.9 cm³/mol. The maximum Gasteiger partial charge on any atom is 0.00190 e. The van der Waals surface area contributed by atoms with E-state index >= 15 is 0 Å². The molecule has 15 heavy (non-hydrogen) atoms. The average molecular weight is 203 g/mol. The fourth-order valence-corrected chi connectivity index (χ4v) is 1.75. The van der Waals surface area contributed by atoms with E-state index in [0.29, 0.717) is 0 Å². The maximum atomic E-state index is 3.88. The van der Waals surface area contributed by atoms with Crippen LogP contribution in [0.4, 0.5) is 0 Å². The van der Waals surface area contributed by atoms with E-state index in [0.717, 1.165) is 25.9 Å². The normalized spacial score (nSPS) is 20.1. The van der Waals surface area contributed by atoms with E-state index in [2.05, 4.69) is 36.8 Å². The van der Waals surface area contributed by atoms with Crippen molar-refractivity contribution in [2.24, 2.45) is 0 Å². The summed E-state index contributed by atoms with van der Waals surface area (Å²) in [6.07, 6.45) is 12.8. The molecule has 0 bridgehead atoms. The van der Waals surface area contributed by atoms with E-state index < -0.39 is 0 Å². The molecular formula is C14H21N. The van der Waals surface area contributed by atoms with Gasteiger partial charge in [0, 0.05) is 13.1 Å². The van der Waals surface area contributed by atoms with Gasteiger partial charge in [0.25, 0.3) is 0 Å². The molecular weight excluding hydrogens is 182 g/mol. The second-order valence-corrected chi connectivity index (χ2v) is 3.92. The van der Waals surface area contributed by atoms with E-state index in [1.807, 2.05) is 19.1 Å². The highest BCUT2D eigenvalue weighted by molar-refractivity contribution is 5.41. The topological polar surface area (TPSA) is 3.24 Å². The van der Waals surface area contributed by atoms with Gasteiger partial charge in [0.05, 0.1) is 0 Å². The van der Waals surface area contributed by atoms with Gasteiger partial charge < -0.3 is 4.90 Å². The Hall–Kier alpha value is -1.08. The van der Waals surface area contributed by atoms with Crippen LogP contribution in [0, 0.1) is 0 Å². The van der Waals surface area contributed by atoms with Crippen LogP contribution in [-0.4, -0.2) is 25.0 Å². The Morgan fingerprint density at radius 2 is 2.27 bits per heavy atom. The summed E-state index contributed by atoms with van der Waals surface area (Å²) in [6, 6.07) is 0. The lowest BCUT2D eigenvalue weighted by Crippen LogP contribution is -2.18. The summed E-state index contributed by atoms with van der Waals surface area (Å²) in [5, 5.41) is 0. The summed E-state index contributed by atoms with van der Waals surface area (Å²) in [5.41, 5.74) is 2.70. The van der Waals surface area contributed by atoms with Crippen LogP contribution in [0.5, 0.6) is 0 Å². The fourth-order valence-electron chi connectivity index (χ4n) is 1.75. The molecule has 0 aliphatic carbocycles. The SMILES string of the molecule is C=C/C(=C\C=C/C)C1=CCCN(C)CC1. The molecule has 0 spiro atoms. The van der Waals surface area contributed by atoms with Gasteiger partial charge in [-0.1, -0.05) is 37.0 Å². The van der Waals surface area contributed by atoms with E-state index in [1.165, 1.54) is 11.1 Å². The largest absolute Gasteiger partial charge is 0.306 e. The molecule has 1 heterocycles. The van der Waals surface area contributed by atoms with Crippen molar-refractivity contribution >= 4 is 0 Å². The standard InChI is InChI=1S/C14H21N/c1-4-6-8-13(5-2)14-9-7-11-15(3)12-10-14/h4-6,8-9H,2,7,10-12H2,1,3H3/b6-4-,13-8+. The quantitative estimate of drug-likeness (QED) is 0.636. The summed E-state index contributed by atoms with van der Waals surface area (Å²) in [6.45, 7) is 8.23. The molecule has 1 nitrogen and oxygen atoms in total. The van der Waals surface area contributed by atoms with Crippen molar-refractivity contribution < 1.29 is 0 Å². The third-order valence-corrected chi connectivity index (χ3v) is 2.72. The van der Waals surface area contributed by atoms with Gasteiger partial charge >= 0.3 is 0 Å². The molecule has 0 aromatic rings. The van der Waals surface area contributed by atoms with Gasteiger partial charge in [-0.05, 0) is 38.0 Å². The van der Waals surface area contributed by atoms with Gasteiger partial charge in [0.1, 0.15) is 0 Å². The fraction of sp³-hybridized carbons (Fsp3) is 0.429. The van der Waals surface area contributed by atoms with Crippen LogP contribution < -0.4 is 0 Å². The smallest absolute Gasteiger partial charge is 0.00190 e. The number of hydrogen-bond acceptors (Lipinski definition) is 1. The Kier molecular flexibility index (Phi) is 5.13. The predicted octanol–water partition coefficient (Wildman–Crippen LogP) is 3.33. The summed E-state index contributed by atoms with van der Waals surface area (Å²) in [4.78, 5) is 2.37. The van der Waals surface area contributed by atoms with Crippen LogP contribution in [-0.2, 0) is 0 Å². The van der Waals surface area contributed by atoms with E-state index in [9.17, 15) is 0 Å². The molecule has 1 rings (SSSR count). The monoisotopic (exact) mass is 203 g/mol. The minimum atomic E-state index is 1.13. The lowest BCUT2D eigenvalue weighted by molar-refractivity contribution is 0.353. The molecule has 0 radical (unpaired) electrons. The van der Waals surface area contributed by atoms with Crippen LogP contribution in [0.25, 0.3) is 0 Å². The van der Waals surface area contributed by atoms with Crippen LogP contribution >= 0.6 is 0 Å². The zero-order chi connectivity index (χ0) is 11.1.